The predicted molar refractivity (Wildman–Crippen MR) is 99.9 cm³/mol. The fourth-order valence-corrected chi connectivity index (χ4v) is 3.27. The van der Waals surface area contributed by atoms with Crippen LogP contribution in [-0.4, -0.2) is 43.4 Å². The molecule has 130 valence electrons. The van der Waals surface area contributed by atoms with Gasteiger partial charge in [0.2, 0.25) is 5.75 Å². The maximum absolute atomic E-state index is 10.3. The zero-order valence-corrected chi connectivity index (χ0v) is 15.3. The average molecular weight is 357 g/mol. The smallest absolute Gasteiger partial charge is 0.201 e. The van der Waals surface area contributed by atoms with Gasteiger partial charge in [0.05, 0.1) is 19.9 Å². The first kappa shape index (κ1) is 17.0. The Hall–Kier alpha value is -2.80. The van der Waals surface area contributed by atoms with Crippen molar-refractivity contribution in [2.75, 3.05) is 33.2 Å². The lowest BCUT2D eigenvalue weighted by atomic mass is 10.1. The first-order chi connectivity index (χ1) is 12.0. The molecule has 2 heterocycles. The Balaban J connectivity index is 2.02. The number of hydrogen-bond acceptors (Lipinski definition) is 7. The molecule has 0 aliphatic rings. The van der Waals surface area contributed by atoms with Gasteiger partial charge in [0, 0.05) is 36.8 Å². The second-order valence-electron chi connectivity index (χ2n) is 5.53. The standard InChI is InChI=1S/C18H19N3O3S/c1-21(2)15-9-11(7-8-19-15)18-20-13(10-25-18)12-5-6-14(23-3)16(22)17(12)24-4/h5-10,22H,1-4H3. The third kappa shape index (κ3) is 3.23. The van der Waals surface area contributed by atoms with Gasteiger partial charge in [-0.25, -0.2) is 9.97 Å². The molecule has 0 fully saturated rings. The van der Waals surface area contributed by atoms with E-state index in [0.29, 0.717) is 17.1 Å². The molecule has 0 saturated heterocycles. The zero-order chi connectivity index (χ0) is 18.0. The number of nitrogens with zero attached hydrogens (tertiary/aromatic N) is 3. The Morgan fingerprint density at radius 1 is 1.12 bits per heavy atom. The number of rotatable bonds is 5. The maximum atomic E-state index is 10.3. The number of thiazole rings is 1. The van der Waals surface area contributed by atoms with E-state index in [-0.39, 0.29) is 5.75 Å². The summed E-state index contributed by atoms with van der Waals surface area (Å²) in [7, 11) is 6.91. The van der Waals surface area contributed by atoms with E-state index in [2.05, 4.69) is 4.98 Å². The number of phenolic OH excluding ortho intramolecular Hbond substituents is 1. The van der Waals surface area contributed by atoms with Gasteiger partial charge >= 0.3 is 0 Å². The molecule has 0 aliphatic carbocycles. The summed E-state index contributed by atoms with van der Waals surface area (Å²) in [5.41, 5.74) is 2.44. The van der Waals surface area contributed by atoms with Gasteiger partial charge in [0.25, 0.3) is 0 Å². The summed E-state index contributed by atoms with van der Waals surface area (Å²) >= 11 is 1.53. The molecule has 0 radical (unpaired) electrons. The number of phenols is 1. The van der Waals surface area contributed by atoms with Crippen molar-refractivity contribution in [3.05, 3.63) is 35.8 Å². The van der Waals surface area contributed by atoms with Gasteiger partial charge in [-0.05, 0) is 24.3 Å². The van der Waals surface area contributed by atoms with Crippen LogP contribution in [0.2, 0.25) is 0 Å². The molecule has 0 spiro atoms. The number of anilines is 1. The van der Waals surface area contributed by atoms with Crippen LogP contribution in [0, 0.1) is 0 Å². The lowest BCUT2D eigenvalue weighted by molar-refractivity contribution is 0.341. The van der Waals surface area contributed by atoms with Gasteiger partial charge in [-0.15, -0.1) is 11.3 Å². The van der Waals surface area contributed by atoms with Crippen molar-refractivity contribution in [1.82, 2.24) is 9.97 Å². The molecule has 0 saturated carbocycles. The third-order valence-corrected chi connectivity index (χ3v) is 4.64. The van der Waals surface area contributed by atoms with Crippen LogP contribution in [0.15, 0.2) is 35.8 Å². The largest absolute Gasteiger partial charge is 0.502 e. The first-order valence-corrected chi connectivity index (χ1v) is 8.46. The Morgan fingerprint density at radius 3 is 2.60 bits per heavy atom. The van der Waals surface area contributed by atoms with Crippen molar-refractivity contribution < 1.29 is 14.6 Å². The first-order valence-electron chi connectivity index (χ1n) is 7.58. The molecule has 0 bridgehead atoms. The Morgan fingerprint density at radius 2 is 1.92 bits per heavy atom. The molecule has 0 amide bonds. The quantitative estimate of drug-likeness (QED) is 0.752. The van der Waals surface area contributed by atoms with Gasteiger partial charge in [-0.1, -0.05) is 0 Å². The molecule has 3 aromatic rings. The molecular weight excluding hydrogens is 338 g/mol. The average Bonchev–Trinajstić information content (AvgIpc) is 3.11. The second kappa shape index (κ2) is 6.98. The normalized spacial score (nSPS) is 10.6. The molecule has 3 rings (SSSR count). The van der Waals surface area contributed by atoms with E-state index in [9.17, 15) is 5.11 Å². The Bertz CT molecular complexity index is 893. The van der Waals surface area contributed by atoms with Gasteiger partial charge in [0.1, 0.15) is 10.8 Å². The van der Waals surface area contributed by atoms with Gasteiger partial charge in [-0.3, -0.25) is 0 Å². The molecule has 0 atom stereocenters. The minimum Gasteiger partial charge on any atom is -0.502 e. The van der Waals surface area contributed by atoms with E-state index in [1.807, 2.05) is 42.6 Å². The summed E-state index contributed by atoms with van der Waals surface area (Å²) in [6.45, 7) is 0. The summed E-state index contributed by atoms with van der Waals surface area (Å²) in [6.07, 6.45) is 1.77. The number of aromatic hydroxyl groups is 1. The summed E-state index contributed by atoms with van der Waals surface area (Å²) < 4.78 is 10.5. The van der Waals surface area contributed by atoms with Gasteiger partial charge in [-0.2, -0.15) is 0 Å². The highest BCUT2D eigenvalue weighted by Crippen LogP contribution is 2.44. The molecule has 7 heteroatoms. The molecule has 0 aliphatic heterocycles. The van der Waals surface area contributed by atoms with E-state index in [4.69, 9.17) is 14.5 Å². The van der Waals surface area contributed by atoms with E-state index in [1.165, 1.54) is 25.6 Å². The Labute approximate surface area is 150 Å². The fraction of sp³-hybridized carbons (Fsp3) is 0.222. The van der Waals surface area contributed by atoms with Crippen molar-refractivity contribution in [2.45, 2.75) is 0 Å². The topological polar surface area (TPSA) is 67.7 Å². The summed E-state index contributed by atoms with van der Waals surface area (Å²) in [5, 5.41) is 13.1. The summed E-state index contributed by atoms with van der Waals surface area (Å²) in [4.78, 5) is 11.0. The summed E-state index contributed by atoms with van der Waals surface area (Å²) in [5.74, 6) is 1.55. The number of pyridine rings is 1. The second-order valence-corrected chi connectivity index (χ2v) is 6.39. The molecule has 6 nitrogen and oxygen atoms in total. The number of hydrogen-bond donors (Lipinski definition) is 1. The van der Waals surface area contributed by atoms with Crippen LogP contribution in [0.25, 0.3) is 21.8 Å². The van der Waals surface area contributed by atoms with Crippen molar-refractivity contribution in [3.8, 4) is 39.1 Å². The number of benzene rings is 1. The van der Waals surface area contributed by atoms with Crippen LogP contribution < -0.4 is 14.4 Å². The van der Waals surface area contributed by atoms with Crippen LogP contribution in [0.5, 0.6) is 17.2 Å². The monoisotopic (exact) mass is 357 g/mol. The lowest BCUT2D eigenvalue weighted by Gasteiger charge is -2.12. The van der Waals surface area contributed by atoms with Crippen LogP contribution in [0.3, 0.4) is 0 Å². The van der Waals surface area contributed by atoms with E-state index >= 15 is 0 Å². The van der Waals surface area contributed by atoms with Crippen molar-refractivity contribution >= 4 is 17.2 Å². The summed E-state index contributed by atoms with van der Waals surface area (Å²) in [6, 6.07) is 7.44. The molecule has 1 N–H and O–H groups in total. The highest BCUT2D eigenvalue weighted by molar-refractivity contribution is 7.13. The number of aromatic nitrogens is 2. The number of ether oxygens (including phenoxy) is 2. The lowest BCUT2D eigenvalue weighted by Crippen LogP contribution is -2.10. The van der Waals surface area contributed by atoms with Crippen molar-refractivity contribution in [1.29, 1.82) is 0 Å². The van der Waals surface area contributed by atoms with Crippen LogP contribution in [0.1, 0.15) is 0 Å². The van der Waals surface area contributed by atoms with E-state index in [0.717, 1.165) is 22.1 Å². The van der Waals surface area contributed by atoms with Crippen LogP contribution >= 0.6 is 11.3 Å². The third-order valence-electron chi connectivity index (χ3n) is 3.75. The fourth-order valence-electron chi connectivity index (χ4n) is 2.45. The SMILES string of the molecule is COc1ccc(-c2csc(-c3ccnc(N(C)C)c3)n2)c(OC)c1O. The van der Waals surface area contributed by atoms with Gasteiger partial charge in [0.15, 0.2) is 11.5 Å². The number of methoxy groups -OCH3 is 2. The minimum atomic E-state index is -0.0316. The van der Waals surface area contributed by atoms with E-state index in [1.54, 1.807) is 12.3 Å². The highest BCUT2D eigenvalue weighted by atomic mass is 32.1. The maximum Gasteiger partial charge on any atom is 0.201 e. The molecule has 0 unspecified atom stereocenters. The van der Waals surface area contributed by atoms with Crippen molar-refractivity contribution in [2.24, 2.45) is 0 Å². The van der Waals surface area contributed by atoms with Crippen LogP contribution in [-0.2, 0) is 0 Å². The molecule has 2 aromatic heterocycles. The van der Waals surface area contributed by atoms with E-state index < -0.39 is 0 Å². The minimum absolute atomic E-state index is 0.0316. The molecule has 25 heavy (non-hydrogen) atoms. The Kier molecular flexibility index (Phi) is 4.76. The van der Waals surface area contributed by atoms with Crippen molar-refractivity contribution in [3.63, 3.8) is 0 Å². The van der Waals surface area contributed by atoms with Crippen LogP contribution in [0.4, 0.5) is 5.82 Å². The van der Waals surface area contributed by atoms with Gasteiger partial charge < -0.3 is 19.5 Å². The zero-order valence-electron chi connectivity index (χ0n) is 14.5. The molecular formula is C18H19N3O3S. The molecule has 1 aromatic carbocycles. The highest BCUT2D eigenvalue weighted by Gasteiger charge is 2.18. The predicted octanol–water partition coefficient (Wildman–Crippen LogP) is 3.66.